The van der Waals surface area contributed by atoms with Crippen LogP contribution in [-0.2, 0) is 5.41 Å². The monoisotopic (exact) mass is 264 g/mol. The lowest BCUT2D eigenvalue weighted by molar-refractivity contribution is 0.573. The van der Waals surface area contributed by atoms with E-state index < -0.39 is 0 Å². The average Bonchev–Trinajstić information content (AvgIpc) is 2.31. The van der Waals surface area contributed by atoms with Crippen LogP contribution in [0, 0.1) is 0 Å². The summed E-state index contributed by atoms with van der Waals surface area (Å²) in [7, 11) is 4.26. The van der Waals surface area contributed by atoms with E-state index in [9.17, 15) is 0 Å². The van der Waals surface area contributed by atoms with Crippen LogP contribution in [0.5, 0.6) is 0 Å². The number of anilines is 1. The van der Waals surface area contributed by atoms with Crippen molar-refractivity contribution in [2.75, 3.05) is 31.3 Å². The van der Waals surface area contributed by atoms with Crippen molar-refractivity contribution in [2.24, 2.45) is 0 Å². The molecule has 0 amide bonds. The molecule has 0 radical (unpaired) electrons. The minimum absolute atomic E-state index is 0.196. The molecule has 0 spiro atoms. The van der Waals surface area contributed by atoms with Gasteiger partial charge in [0.05, 0.1) is 11.7 Å². The second kappa shape index (κ2) is 5.14. The molecule has 0 bridgehead atoms. The Bertz CT molecular complexity index is 423. The molecule has 0 aromatic heterocycles. The Kier molecular flexibility index (Phi) is 3.93. The molecule has 0 aliphatic carbocycles. The van der Waals surface area contributed by atoms with E-state index in [1.807, 2.05) is 18.8 Å². The van der Waals surface area contributed by atoms with Gasteiger partial charge >= 0.3 is 0 Å². The first-order valence-corrected chi connectivity index (χ1v) is 7.57. The smallest absolute Gasteiger partial charge is 0.0542 e. The highest BCUT2D eigenvalue weighted by Gasteiger charge is 2.29. The summed E-state index contributed by atoms with van der Waals surface area (Å²) in [5, 5.41) is 3.30. The van der Waals surface area contributed by atoms with Gasteiger partial charge in [0.2, 0.25) is 0 Å². The predicted molar refractivity (Wildman–Crippen MR) is 82.0 cm³/mol. The summed E-state index contributed by atoms with van der Waals surface area (Å²) < 4.78 is 0. The van der Waals surface area contributed by atoms with Crippen LogP contribution in [0.3, 0.4) is 0 Å². The second-order valence-corrected chi connectivity index (χ2v) is 7.10. The third-order valence-electron chi connectivity index (χ3n) is 3.58. The van der Waals surface area contributed by atoms with Crippen LogP contribution in [0.15, 0.2) is 23.1 Å². The van der Waals surface area contributed by atoms with Crippen LogP contribution in [0.2, 0.25) is 0 Å². The lowest BCUT2D eigenvalue weighted by atomic mass is 9.85. The molecule has 1 unspecified atom stereocenters. The first kappa shape index (κ1) is 13.8. The molecule has 1 aliphatic heterocycles. The number of rotatable bonds is 2. The quantitative estimate of drug-likeness (QED) is 0.883. The number of para-hydroxylation sites is 1. The minimum Gasteiger partial charge on any atom is -0.368 e. The molecule has 0 saturated heterocycles. The highest BCUT2D eigenvalue weighted by Crippen LogP contribution is 2.42. The lowest BCUT2D eigenvalue weighted by Crippen LogP contribution is -2.44. The van der Waals surface area contributed by atoms with Gasteiger partial charge in [0.15, 0.2) is 0 Å². The maximum Gasteiger partial charge on any atom is 0.0542 e. The molecule has 2 rings (SSSR count). The zero-order chi connectivity index (χ0) is 13.3. The van der Waals surface area contributed by atoms with Crippen LogP contribution in [0.25, 0.3) is 0 Å². The van der Waals surface area contributed by atoms with Gasteiger partial charge in [-0.05, 0) is 24.1 Å². The van der Waals surface area contributed by atoms with E-state index in [-0.39, 0.29) is 5.41 Å². The van der Waals surface area contributed by atoms with E-state index >= 15 is 0 Å². The van der Waals surface area contributed by atoms with Gasteiger partial charge in [-0.3, -0.25) is 0 Å². The summed E-state index contributed by atoms with van der Waals surface area (Å²) in [5.41, 5.74) is 3.08. The Hall–Kier alpha value is -0.670. The molecule has 0 fully saturated rings. The number of benzene rings is 1. The van der Waals surface area contributed by atoms with E-state index in [1.54, 1.807) is 0 Å². The fraction of sp³-hybridized carbons (Fsp3) is 0.600. The van der Waals surface area contributed by atoms with Gasteiger partial charge < -0.3 is 10.2 Å². The zero-order valence-corrected chi connectivity index (χ0v) is 12.9. The van der Waals surface area contributed by atoms with Crippen LogP contribution < -0.4 is 10.2 Å². The van der Waals surface area contributed by atoms with Crippen molar-refractivity contribution in [1.82, 2.24) is 5.32 Å². The fourth-order valence-electron chi connectivity index (χ4n) is 2.52. The highest BCUT2D eigenvalue weighted by molar-refractivity contribution is 7.99. The molecule has 1 aromatic carbocycles. The maximum atomic E-state index is 3.30. The fourth-order valence-corrected chi connectivity index (χ4v) is 3.80. The van der Waals surface area contributed by atoms with E-state index in [2.05, 4.69) is 56.2 Å². The molecule has 1 aliphatic rings. The van der Waals surface area contributed by atoms with Gasteiger partial charge in [-0.1, -0.05) is 32.9 Å². The Balaban J connectivity index is 2.44. The third kappa shape index (κ3) is 2.52. The maximum absolute atomic E-state index is 3.30. The van der Waals surface area contributed by atoms with Crippen LogP contribution >= 0.6 is 11.8 Å². The Morgan fingerprint density at radius 3 is 2.72 bits per heavy atom. The van der Waals surface area contributed by atoms with E-state index in [1.165, 1.54) is 16.1 Å². The van der Waals surface area contributed by atoms with Gasteiger partial charge in [-0.15, -0.1) is 11.8 Å². The number of thioether (sulfide) groups is 1. The molecule has 100 valence electrons. The van der Waals surface area contributed by atoms with Crippen molar-refractivity contribution in [3.8, 4) is 0 Å². The summed E-state index contributed by atoms with van der Waals surface area (Å²) in [6.45, 7) is 7.93. The zero-order valence-electron chi connectivity index (χ0n) is 12.1. The molecule has 1 N–H and O–H groups in total. The van der Waals surface area contributed by atoms with Gasteiger partial charge in [0, 0.05) is 24.2 Å². The van der Waals surface area contributed by atoms with Gasteiger partial charge in [0.1, 0.15) is 0 Å². The van der Waals surface area contributed by atoms with Crippen LogP contribution in [-0.4, -0.2) is 32.4 Å². The molecular weight excluding hydrogens is 240 g/mol. The molecule has 1 heterocycles. The number of hydrogen-bond donors (Lipinski definition) is 1. The summed E-state index contributed by atoms with van der Waals surface area (Å²) in [4.78, 5) is 3.89. The van der Waals surface area contributed by atoms with Crippen LogP contribution in [0.1, 0.15) is 26.3 Å². The summed E-state index contributed by atoms with van der Waals surface area (Å²) in [6, 6.07) is 7.30. The number of fused-ring (bicyclic) bond motifs is 1. The van der Waals surface area contributed by atoms with Crippen molar-refractivity contribution < 1.29 is 0 Å². The molecule has 18 heavy (non-hydrogen) atoms. The van der Waals surface area contributed by atoms with E-state index in [4.69, 9.17) is 0 Å². The van der Waals surface area contributed by atoms with Crippen molar-refractivity contribution in [2.45, 2.75) is 37.1 Å². The topological polar surface area (TPSA) is 15.3 Å². The first-order chi connectivity index (χ1) is 8.45. The first-order valence-electron chi connectivity index (χ1n) is 6.59. The Labute approximate surface area is 115 Å². The van der Waals surface area contributed by atoms with Crippen molar-refractivity contribution in [3.05, 3.63) is 23.8 Å². The second-order valence-electron chi connectivity index (χ2n) is 6.04. The summed E-state index contributed by atoms with van der Waals surface area (Å²) in [6.07, 6.45) is 0. The Morgan fingerprint density at radius 1 is 1.39 bits per heavy atom. The number of nitrogens with zero attached hydrogens (tertiary/aromatic N) is 1. The number of hydrogen-bond acceptors (Lipinski definition) is 3. The lowest BCUT2D eigenvalue weighted by Gasteiger charge is -2.39. The Morgan fingerprint density at radius 2 is 2.11 bits per heavy atom. The van der Waals surface area contributed by atoms with Crippen molar-refractivity contribution in [3.63, 3.8) is 0 Å². The minimum atomic E-state index is 0.196. The van der Waals surface area contributed by atoms with E-state index in [0.717, 1.165) is 12.3 Å². The summed E-state index contributed by atoms with van der Waals surface area (Å²) in [5.74, 6) is 1.16. The SMILES string of the molecule is CNCC1CSc2cccc(C(C)(C)C)c2N1C. The van der Waals surface area contributed by atoms with E-state index in [0.29, 0.717) is 6.04 Å². The molecule has 1 atom stereocenters. The molecule has 2 nitrogen and oxygen atoms in total. The predicted octanol–water partition coefficient (Wildman–Crippen LogP) is 3.11. The normalized spacial score (nSPS) is 19.8. The number of nitrogens with one attached hydrogen (secondary N) is 1. The molecule has 3 heteroatoms. The average molecular weight is 264 g/mol. The highest BCUT2D eigenvalue weighted by atomic mass is 32.2. The van der Waals surface area contributed by atoms with Crippen molar-refractivity contribution in [1.29, 1.82) is 0 Å². The summed E-state index contributed by atoms with van der Waals surface area (Å²) >= 11 is 1.99. The van der Waals surface area contributed by atoms with Gasteiger partial charge in [-0.2, -0.15) is 0 Å². The van der Waals surface area contributed by atoms with Gasteiger partial charge in [0.25, 0.3) is 0 Å². The number of likely N-dealkylation sites (N-methyl/N-ethyl adjacent to an activating group) is 2. The molecule has 0 saturated carbocycles. The van der Waals surface area contributed by atoms with Gasteiger partial charge in [-0.25, -0.2) is 0 Å². The standard InChI is InChI=1S/C15H24N2S/c1-15(2,3)12-7-6-8-13-14(12)17(5)11(9-16-4)10-18-13/h6-8,11,16H,9-10H2,1-5H3. The molecule has 1 aromatic rings. The third-order valence-corrected chi connectivity index (χ3v) is 4.77. The van der Waals surface area contributed by atoms with Crippen LogP contribution in [0.4, 0.5) is 5.69 Å². The molecular formula is C15H24N2S. The van der Waals surface area contributed by atoms with Crippen molar-refractivity contribution >= 4 is 17.4 Å². The largest absolute Gasteiger partial charge is 0.368 e.